The van der Waals surface area contributed by atoms with E-state index in [0.29, 0.717) is 31.4 Å². The molecule has 1 saturated carbocycles. The molecular weight excluding hydrogens is 401 g/mol. The van der Waals surface area contributed by atoms with Gasteiger partial charge in [-0.15, -0.1) is 11.3 Å². The highest BCUT2D eigenvalue weighted by Crippen LogP contribution is 2.21. The average Bonchev–Trinajstić information content (AvgIpc) is 3.44. The Bertz CT molecular complexity index is 984. The molecule has 30 heavy (non-hydrogen) atoms. The van der Waals surface area contributed by atoms with E-state index in [9.17, 15) is 9.18 Å². The molecule has 1 fully saturated rings. The first-order valence-corrected chi connectivity index (χ1v) is 10.8. The maximum Gasteiger partial charge on any atom is 0.270 e. The van der Waals surface area contributed by atoms with Crippen LogP contribution in [0.3, 0.4) is 0 Å². The van der Waals surface area contributed by atoms with Crippen molar-refractivity contribution < 1.29 is 13.9 Å². The maximum atomic E-state index is 13.3. The number of halogens is 1. The zero-order valence-corrected chi connectivity index (χ0v) is 17.6. The van der Waals surface area contributed by atoms with Crippen LogP contribution in [0.25, 0.3) is 0 Å². The number of ether oxygens (including phenoxy) is 1. The van der Waals surface area contributed by atoms with E-state index >= 15 is 0 Å². The Morgan fingerprint density at radius 2 is 1.73 bits per heavy atom. The van der Waals surface area contributed by atoms with Crippen molar-refractivity contribution in [3.63, 3.8) is 0 Å². The van der Waals surface area contributed by atoms with Gasteiger partial charge in [0.25, 0.3) is 5.91 Å². The third-order valence-electron chi connectivity index (χ3n) is 4.94. The van der Waals surface area contributed by atoms with Gasteiger partial charge in [-0.1, -0.05) is 24.3 Å². The van der Waals surface area contributed by atoms with Crippen LogP contribution in [0.5, 0.6) is 5.75 Å². The number of hydrogen-bond acceptors (Lipinski definition) is 5. The summed E-state index contributed by atoms with van der Waals surface area (Å²) < 4.78 is 18.5. The van der Waals surface area contributed by atoms with Crippen molar-refractivity contribution in [1.82, 2.24) is 15.2 Å². The molecule has 1 N–H and O–H groups in total. The normalized spacial score (nSPS) is 13.4. The van der Waals surface area contributed by atoms with E-state index in [1.165, 1.54) is 23.5 Å². The van der Waals surface area contributed by atoms with E-state index in [4.69, 9.17) is 4.74 Å². The summed E-state index contributed by atoms with van der Waals surface area (Å²) in [7, 11) is 1.65. The van der Waals surface area contributed by atoms with Gasteiger partial charge in [0.2, 0.25) is 0 Å². The van der Waals surface area contributed by atoms with Crippen LogP contribution in [-0.4, -0.2) is 28.9 Å². The summed E-state index contributed by atoms with van der Waals surface area (Å²) in [5.74, 6) is 0.474. The highest BCUT2D eigenvalue weighted by molar-refractivity contribution is 7.09. The van der Waals surface area contributed by atoms with Crippen molar-refractivity contribution in [2.24, 2.45) is 0 Å². The van der Waals surface area contributed by atoms with Crippen LogP contribution in [0.1, 0.15) is 39.5 Å². The number of rotatable bonds is 9. The van der Waals surface area contributed by atoms with Gasteiger partial charge in [0, 0.05) is 24.5 Å². The standard InChI is InChI=1S/C23H24FN3O2S/c1-29-20-10-4-17(5-11-20)13-27(12-16-2-6-18(24)7-3-16)14-22-26-21(15-30-22)23(28)25-19-8-9-19/h2-7,10-11,15,19H,8-9,12-14H2,1H3,(H,25,28). The lowest BCUT2D eigenvalue weighted by atomic mass is 10.1. The van der Waals surface area contributed by atoms with Crippen molar-refractivity contribution in [3.05, 3.63) is 81.6 Å². The number of aromatic nitrogens is 1. The molecule has 4 rings (SSSR count). The molecule has 3 aromatic rings. The summed E-state index contributed by atoms with van der Waals surface area (Å²) in [6.07, 6.45) is 2.10. The second-order valence-corrected chi connectivity index (χ2v) is 8.44. The Labute approximate surface area is 179 Å². The number of methoxy groups -OCH3 is 1. The second-order valence-electron chi connectivity index (χ2n) is 7.49. The van der Waals surface area contributed by atoms with E-state index < -0.39 is 0 Å². The Kier molecular flexibility index (Phi) is 6.40. The van der Waals surface area contributed by atoms with Gasteiger partial charge in [-0.25, -0.2) is 9.37 Å². The number of hydrogen-bond donors (Lipinski definition) is 1. The second kappa shape index (κ2) is 9.36. The summed E-state index contributed by atoms with van der Waals surface area (Å²) in [5, 5.41) is 5.67. The Hall–Kier alpha value is -2.77. The zero-order chi connectivity index (χ0) is 20.9. The minimum atomic E-state index is -0.244. The molecule has 0 unspecified atom stereocenters. The van der Waals surface area contributed by atoms with Gasteiger partial charge in [0.1, 0.15) is 22.3 Å². The van der Waals surface area contributed by atoms with Gasteiger partial charge in [-0.05, 0) is 48.2 Å². The third kappa shape index (κ3) is 5.64. The monoisotopic (exact) mass is 425 g/mol. The van der Waals surface area contributed by atoms with Crippen LogP contribution in [0.15, 0.2) is 53.9 Å². The number of thiazole rings is 1. The number of carbonyl (C=O) groups is 1. The predicted octanol–water partition coefficient (Wildman–Crippen LogP) is 4.39. The van der Waals surface area contributed by atoms with Gasteiger partial charge in [-0.2, -0.15) is 0 Å². The summed E-state index contributed by atoms with van der Waals surface area (Å²) >= 11 is 1.49. The summed E-state index contributed by atoms with van der Waals surface area (Å²) in [5.41, 5.74) is 2.64. The quantitative estimate of drug-likeness (QED) is 0.553. The molecule has 1 aliphatic carbocycles. The Morgan fingerprint density at radius 3 is 2.33 bits per heavy atom. The fourth-order valence-corrected chi connectivity index (χ4v) is 3.99. The molecule has 7 heteroatoms. The Morgan fingerprint density at radius 1 is 1.10 bits per heavy atom. The van der Waals surface area contributed by atoms with Crippen LogP contribution < -0.4 is 10.1 Å². The SMILES string of the molecule is COc1ccc(CN(Cc2ccc(F)cc2)Cc2nc(C(=O)NC3CC3)cs2)cc1. The maximum absolute atomic E-state index is 13.3. The number of amides is 1. The molecule has 1 amide bonds. The molecule has 2 aromatic carbocycles. The molecule has 0 saturated heterocycles. The fourth-order valence-electron chi connectivity index (χ4n) is 3.17. The number of benzene rings is 2. The highest BCUT2D eigenvalue weighted by atomic mass is 32.1. The van der Waals surface area contributed by atoms with Crippen LogP contribution >= 0.6 is 11.3 Å². The number of nitrogens with zero attached hydrogens (tertiary/aromatic N) is 2. The molecule has 1 heterocycles. The third-order valence-corrected chi connectivity index (χ3v) is 5.77. The molecule has 0 spiro atoms. The molecule has 0 bridgehead atoms. The van der Waals surface area contributed by atoms with Gasteiger partial charge < -0.3 is 10.1 Å². The van der Waals surface area contributed by atoms with Gasteiger partial charge in [0.05, 0.1) is 13.7 Å². The van der Waals surface area contributed by atoms with Crippen molar-refractivity contribution in [2.75, 3.05) is 7.11 Å². The summed E-state index contributed by atoms with van der Waals surface area (Å²) in [6, 6.07) is 14.8. The summed E-state index contributed by atoms with van der Waals surface area (Å²) in [6.45, 7) is 1.95. The van der Waals surface area contributed by atoms with Gasteiger partial charge >= 0.3 is 0 Å². The van der Waals surface area contributed by atoms with E-state index in [1.54, 1.807) is 19.2 Å². The number of carbonyl (C=O) groups excluding carboxylic acids is 1. The predicted molar refractivity (Wildman–Crippen MR) is 115 cm³/mol. The minimum Gasteiger partial charge on any atom is -0.497 e. The first kappa shape index (κ1) is 20.5. The highest BCUT2D eigenvalue weighted by Gasteiger charge is 2.25. The zero-order valence-electron chi connectivity index (χ0n) is 16.8. The summed E-state index contributed by atoms with van der Waals surface area (Å²) in [4.78, 5) is 19.0. The van der Waals surface area contributed by atoms with Crippen molar-refractivity contribution >= 4 is 17.2 Å². The Balaban J connectivity index is 1.47. The van der Waals surface area contributed by atoms with E-state index in [-0.39, 0.29) is 11.7 Å². The first-order valence-electron chi connectivity index (χ1n) is 9.94. The van der Waals surface area contributed by atoms with Crippen LogP contribution in [-0.2, 0) is 19.6 Å². The molecule has 0 atom stereocenters. The average molecular weight is 426 g/mol. The molecule has 1 aliphatic rings. The fraction of sp³-hybridized carbons (Fsp3) is 0.304. The van der Waals surface area contributed by atoms with Crippen LogP contribution in [0, 0.1) is 5.82 Å². The lowest BCUT2D eigenvalue weighted by molar-refractivity contribution is 0.0946. The van der Waals surface area contributed by atoms with Crippen LogP contribution in [0.2, 0.25) is 0 Å². The lowest BCUT2D eigenvalue weighted by Crippen LogP contribution is -2.26. The van der Waals surface area contributed by atoms with Crippen molar-refractivity contribution in [3.8, 4) is 5.75 Å². The van der Waals surface area contributed by atoms with Gasteiger partial charge in [-0.3, -0.25) is 9.69 Å². The van der Waals surface area contributed by atoms with E-state index in [0.717, 1.165) is 34.7 Å². The minimum absolute atomic E-state index is 0.0970. The molecule has 0 radical (unpaired) electrons. The number of nitrogens with one attached hydrogen (secondary N) is 1. The van der Waals surface area contributed by atoms with Crippen molar-refractivity contribution in [1.29, 1.82) is 0 Å². The van der Waals surface area contributed by atoms with E-state index in [2.05, 4.69) is 15.2 Å². The van der Waals surface area contributed by atoms with Gasteiger partial charge in [0.15, 0.2) is 0 Å². The first-order chi connectivity index (χ1) is 14.6. The molecule has 5 nitrogen and oxygen atoms in total. The topological polar surface area (TPSA) is 54.5 Å². The molecule has 0 aliphatic heterocycles. The van der Waals surface area contributed by atoms with Crippen LogP contribution in [0.4, 0.5) is 4.39 Å². The lowest BCUT2D eigenvalue weighted by Gasteiger charge is -2.21. The van der Waals surface area contributed by atoms with E-state index in [1.807, 2.05) is 29.6 Å². The largest absolute Gasteiger partial charge is 0.497 e. The molecule has 1 aromatic heterocycles. The molecule has 156 valence electrons. The van der Waals surface area contributed by atoms with Crippen molar-refractivity contribution in [2.45, 2.75) is 38.5 Å². The molecular formula is C23H24FN3O2S. The smallest absolute Gasteiger partial charge is 0.270 e.